The molecule has 29 heavy (non-hydrogen) atoms. The van der Waals surface area contributed by atoms with Gasteiger partial charge in [-0.25, -0.2) is 4.79 Å². The van der Waals surface area contributed by atoms with Crippen molar-refractivity contribution < 1.29 is 24.5 Å². The van der Waals surface area contributed by atoms with Gasteiger partial charge in [-0.05, 0) is 42.5 Å². The molecule has 2 aromatic rings. The molecule has 1 unspecified atom stereocenters. The molecule has 0 aliphatic heterocycles. The fourth-order valence-corrected chi connectivity index (χ4v) is 2.62. The molecule has 0 fully saturated rings. The zero-order valence-corrected chi connectivity index (χ0v) is 16.7. The Balaban J connectivity index is 0.00000420. The number of carbonyl (C=O) groups excluding carboxylic acids is 1. The highest BCUT2D eigenvalue weighted by Crippen LogP contribution is 2.30. The summed E-state index contributed by atoms with van der Waals surface area (Å²) in [4.78, 5) is 24.0. The lowest BCUT2D eigenvalue weighted by Crippen LogP contribution is -2.22. The summed E-state index contributed by atoms with van der Waals surface area (Å²) in [7, 11) is 0. The number of aliphatic carboxylic acids is 1. The number of anilines is 1. The van der Waals surface area contributed by atoms with E-state index in [-0.39, 0.29) is 55.0 Å². The standard InChI is InChI=1S/C20H23N3O5.ClH/c1-2-16(25)13-5-8-17(28-10-9-24)15(11-13)18(20(26)27)23-14-6-3-12(4-7-14)19(21)22;/h3-8,11,18,23-24H,2,9-10H2,1H3,(H3,21,22)(H,26,27);1H. The maximum Gasteiger partial charge on any atom is 0.330 e. The van der Waals surface area contributed by atoms with E-state index in [1.54, 1.807) is 37.3 Å². The number of ether oxygens (including phenoxy) is 1. The molecule has 0 amide bonds. The molecular weight excluding hydrogens is 398 g/mol. The fourth-order valence-electron chi connectivity index (χ4n) is 2.62. The summed E-state index contributed by atoms with van der Waals surface area (Å²) in [6.07, 6.45) is 0.286. The molecule has 156 valence electrons. The maximum atomic E-state index is 12.1. The Labute approximate surface area is 174 Å². The lowest BCUT2D eigenvalue weighted by molar-refractivity contribution is -0.138. The van der Waals surface area contributed by atoms with Crippen LogP contribution in [0.2, 0.25) is 0 Å². The number of hydrogen-bond acceptors (Lipinski definition) is 6. The summed E-state index contributed by atoms with van der Waals surface area (Å²) in [6, 6.07) is 9.83. The van der Waals surface area contributed by atoms with Crippen LogP contribution < -0.4 is 15.8 Å². The topological polar surface area (TPSA) is 146 Å². The van der Waals surface area contributed by atoms with Gasteiger partial charge in [0.15, 0.2) is 11.8 Å². The van der Waals surface area contributed by atoms with E-state index in [4.69, 9.17) is 21.0 Å². The third-order valence-electron chi connectivity index (χ3n) is 4.07. The van der Waals surface area contributed by atoms with Crippen molar-refractivity contribution in [3.05, 3.63) is 59.2 Å². The lowest BCUT2D eigenvalue weighted by Gasteiger charge is -2.20. The fraction of sp³-hybridized carbons (Fsp3) is 0.250. The molecule has 0 saturated carbocycles. The third kappa shape index (κ3) is 6.20. The molecule has 2 rings (SSSR count). The van der Waals surface area contributed by atoms with Gasteiger partial charge in [0.2, 0.25) is 0 Å². The first kappa shape index (κ1) is 23.9. The van der Waals surface area contributed by atoms with Crippen LogP contribution in [0.15, 0.2) is 42.5 Å². The van der Waals surface area contributed by atoms with E-state index in [9.17, 15) is 14.7 Å². The average Bonchev–Trinajstić information content (AvgIpc) is 2.70. The molecule has 9 heteroatoms. The van der Waals surface area contributed by atoms with Gasteiger partial charge < -0.3 is 26.0 Å². The summed E-state index contributed by atoms with van der Waals surface area (Å²) in [5.74, 6) is -1.11. The molecule has 6 N–H and O–H groups in total. The van der Waals surface area contributed by atoms with E-state index in [1.807, 2.05) is 0 Å². The van der Waals surface area contributed by atoms with E-state index >= 15 is 0 Å². The van der Waals surface area contributed by atoms with Crippen LogP contribution in [-0.2, 0) is 4.79 Å². The van der Waals surface area contributed by atoms with Crippen LogP contribution in [0.3, 0.4) is 0 Å². The van der Waals surface area contributed by atoms with Crippen LogP contribution in [0, 0.1) is 5.41 Å². The molecule has 0 heterocycles. The molecular formula is C20H24ClN3O5. The number of carboxylic acids is 1. The van der Waals surface area contributed by atoms with Crippen LogP contribution in [-0.4, -0.2) is 41.0 Å². The summed E-state index contributed by atoms with van der Waals surface area (Å²) < 4.78 is 5.46. The molecule has 0 radical (unpaired) electrons. The predicted molar refractivity (Wildman–Crippen MR) is 112 cm³/mol. The van der Waals surface area contributed by atoms with Gasteiger partial charge in [-0.3, -0.25) is 10.2 Å². The van der Waals surface area contributed by atoms with Gasteiger partial charge in [0.1, 0.15) is 18.2 Å². The minimum Gasteiger partial charge on any atom is -0.491 e. The van der Waals surface area contributed by atoms with Crippen LogP contribution >= 0.6 is 12.4 Å². The van der Waals surface area contributed by atoms with E-state index in [2.05, 4.69) is 5.32 Å². The smallest absolute Gasteiger partial charge is 0.330 e. The second kappa shape index (κ2) is 11.0. The summed E-state index contributed by atoms with van der Waals surface area (Å²) in [6.45, 7) is 1.49. The highest BCUT2D eigenvalue weighted by Gasteiger charge is 2.25. The first-order valence-corrected chi connectivity index (χ1v) is 8.72. The lowest BCUT2D eigenvalue weighted by atomic mass is 9.99. The molecule has 0 aliphatic carbocycles. The van der Waals surface area contributed by atoms with Crippen molar-refractivity contribution in [3.8, 4) is 5.75 Å². The van der Waals surface area contributed by atoms with Crippen molar-refractivity contribution in [3.63, 3.8) is 0 Å². The molecule has 0 aliphatic rings. The van der Waals surface area contributed by atoms with Crippen LogP contribution in [0.1, 0.15) is 40.9 Å². The molecule has 0 spiro atoms. The first-order chi connectivity index (χ1) is 13.4. The highest BCUT2D eigenvalue weighted by molar-refractivity contribution is 5.97. The number of benzene rings is 2. The molecule has 2 aromatic carbocycles. The molecule has 0 bridgehead atoms. The van der Waals surface area contributed by atoms with Gasteiger partial charge in [0, 0.05) is 28.8 Å². The predicted octanol–water partition coefficient (Wildman–Crippen LogP) is 2.59. The van der Waals surface area contributed by atoms with E-state index < -0.39 is 12.0 Å². The Morgan fingerprint density at radius 1 is 1.17 bits per heavy atom. The number of amidine groups is 1. The number of ketones is 1. The minimum atomic E-state index is -1.19. The van der Waals surface area contributed by atoms with Crippen molar-refractivity contribution >= 4 is 35.7 Å². The quantitative estimate of drug-likeness (QED) is 0.225. The first-order valence-electron chi connectivity index (χ1n) is 8.72. The second-order valence-corrected chi connectivity index (χ2v) is 6.01. The van der Waals surface area contributed by atoms with Gasteiger partial charge in [-0.15, -0.1) is 12.4 Å². The number of aliphatic hydroxyl groups is 1. The Morgan fingerprint density at radius 3 is 2.31 bits per heavy atom. The average molecular weight is 422 g/mol. The Hall–Kier alpha value is -3.10. The summed E-state index contributed by atoms with van der Waals surface area (Å²) >= 11 is 0. The zero-order chi connectivity index (χ0) is 20.7. The van der Waals surface area contributed by atoms with Crippen molar-refractivity contribution in [1.29, 1.82) is 5.41 Å². The second-order valence-electron chi connectivity index (χ2n) is 6.01. The number of Topliss-reactive ketones (excluding diaryl/α,β-unsaturated/α-hetero) is 1. The van der Waals surface area contributed by atoms with Gasteiger partial charge in [0.05, 0.1) is 6.61 Å². The van der Waals surface area contributed by atoms with Gasteiger partial charge >= 0.3 is 5.97 Å². The number of nitrogens with one attached hydrogen (secondary N) is 2. The molecule has 8 nitrogen and oxygen atoms in total. The maximum absolute atomic E-state index is 12.1. The number of hydrogen-bond donors (Lipinski definition) is 5. The number of rotatable bonds is 10. The largest absolute Gasteiger partial charge is 0.491 e. The number of aliphatic hydroxyl groups excluding tert-OH is 1. The van der Waals surface area contributed by atoms with Crippen LogP contribution in [0.25, 0.3) is 0 Å². The Bertz CT molecular complexity index is 871. The van der Waals surface area contributed by atoms with E-state index in [1.165, 1.54) is 12.1 Å². The number of carbonyl (C=O) groups is 2. The molecule has 1 atom stereocenters. The SMILES string of the molecule is CCC(=O)c1ccc(OCCO)c(C(Nc2ccc(C(=N)N)cc2)C(=O)O)c1.Cl. The number of carboxylic acid groups (broad SMARTS) is 1. The van der Waals surface area contributed by atoms with Crippen molar-refractivity contribution in [2.75, 3.05) is 18.5 Å². The van der Waals surface area contributed by atoms with Gasteiger partial charge in [-0.1, -0.05) is 6.92 Å². The Kier molecular flexibility index (Phi) is 9.11. The normalized spacial score (nSPS) is 11.1. The van der Waals surface area contributed by atoms with Crippen molar-refractivity contribution in [2.24, 2.45) is 5.73 Å². The zero-order valence-electron chi connectivity index (χ0n) is 15.8. The summed E-state index contributed by atoms with van der Waals surface area (Å²) in [5.41, 5.74) is 7.10. The van der Waals surface area contributed by atoms with E-state index in [0.717, 1.165) is 0 Å². The van der Waals surface area contributed by atoms with Crippen molar-refractivity contribution in [2.45, 2.75) is 19.4 Å². The number of nitrogen functional groups attached to an aromatic ring is 1. The monoisotopic (exact) mass is 421 g/mol. The Morgan fingerprint density at radius 2 is 1.79 bits per heavy atom. The van der Waals surface area contributed by atoms with Gasteiger partial charge in [0.25, 0.3) is 0 Å². The third-order valence-corrected chi connectivity index (χ3v) is 4.07. The van der Waals surface area contributed by atoms with E-state index in [0.29, 0.717) is 16.8 Å². The number of halogens is 1. The van der Waals surface area contributed by atoms with Crippen molar-refractivity contribution in [1.82, 2.24) is 0 Å². The number of nitrogens with two attached hydrogens (primary N) is 1. The minimum absolute atomic E-state index is 0. The molecule has 0 saturated heterocycles. The highest BCUT2D eigenvalue weighted by atomic mass is 35.5. The molecule has 0 aromatic heterocycles. The van der Waals surface area contributed by atoms with Crippen LogP contribution in [0.5, 0.6) is 5.75 Å². The van der Waals surface area contributed by atoms with Crippen LogP contribution in [0.4, 0.5) is 5.69 Å². The summed E-state index contributed by atoms with van der Waals surface area (Å²) in [5, 5.41) is 29.1. The van der Waals surface area contributed by atoms with Gasteiger partial charge in [-0.2, -0.15) is 0 Å².